The third-order valence-corrected chi connectivity index (χ3v) is 3.91. The third-order valence-electron chi connectivity index (χ3n) is 3.54. The lowest BCUT2D eigenvalue weighted by molar-refractivity contribution is -0.198. The van der Waals surface area contributed by atoms with E-state index < -0.39 is 35.5 Å². The van der Waals surface area contributed by atoms with Gasteiger partial charge in [0.2, 0.25) is 0 Å². The maximum atomic E-state index is 12.5. The lowest BCUT2D eigenvalue weighted by Gasteiger charge is -2.24. The van der Waals surface area contributed by atoms with Crippen molar-refractivity contribution in [2.45, 2.75) is 51.7 Å². The molecule has 1 aliphatic rings. The lowest BCUT2D eigenvalue weighted by atomic mass is 10.1. The van der Waals surface area contributed by atoms with Gasteiger partial charge in [0.25, 0.3) is 11.8 Å². The Bertz CT molecular complexity index is 742. The molecule has 1 aromatic carbocycles. The number of benzene rings is 1. The van der Waals surface area contributed by atoms with Gasteiger partial charge in [0.1, 0.15) is 11.6 Å². The van der Waals surface area contributed by atoms with Crippen LogP contribution in [0, 0.1) is 0 Å². The summed E-state index contributed by atoms with van der Waals surface area (Å²) in [5, 5.41) is 3.24. The maximum absolute atomic E-state index is 12.5. The SMILES string of the molecule is CC(C)(C)OC(=O)N[C@@H](Cc1ccccc1Cl)C(=O)ON1C(=O)CCC1=O. The molecule has 0 saturated carbocycles. The predicted molar refractivity (Wildman–Crippen MR) is 95.5 cm³/mol. The Balaban J connectivity index is 2.16. The van der Waals surface area contributed by atoms with Crippen molar-refractivity contribution in [2.24, 2.45) is 0 Å². The van der Waals surface area contributed by atoms with Gasteiger partial charge >= 0.3 is 12.1 Å². The summed E-state index contributed by atoms with van der Waals surface area (Å²) < 4.78 is 5.16. The van der Waals surface area contributed by atoms with Crippen molar-refractivity contribution in [1.29, 1.82) is 0 Å². The summed E-state index contributed by atoms with van der Waals surface area (Å²) in [5.41, 5.74) is -0.194. The van der Waals surface area contributed by atoms with Gasteiger partial charge in [-0.15, -0.1) is 5.06 Å². The molecular weight excluding hydrogens is 376 g/mol. The highest BCUT2D eigenvalue weighted by Gasteiger charge is 2.36. The summed E-state index contributed by atoms with van der Waals surface area (Å²) in [6.07, 6.45) is -0.897. The van der Waals surface area contributed by atoms with Crippen molar-refractivity contribution in [1.82, 2.24) is 10.4 Å². The second-order valence-corrected chi connectivity index (χ2v) is 7.39. The summed E-state index contributed by atoms with van der Waals surface area (Å²) >= 11 is 6.12. The summed E-state index contributed by atoms with van der Waals surface area (Å²) in [6.45, 7) is 5.03. The molecule has 0 aromatic heterocycles. The number of amides is 3. The molecule has 9 heteroatoms. The standard InChI is InChI=1S/C18H21ClN2O6/c1-18(2,3)26-17(25)20-13(10-11-6-4-5-7-12(11)19)16(24)27-21-14(22)8-9-15(21)23/h4-7,13H,8-10H2,1-3H3,(H,20,25)/t13-/m0/s1. The van der Waals surface area contributed by atoms with E-state index in [4.69, 9.17) is 21.2 Å². The topological polar surface area (TPSA) is 102 Å². The first-order valence-electron chi connectivity index (χ1n) is 8.37. The fourth-order valence-electron chi connectivity index (χ4n) is 2.34. The van der Waals surface area contributed by atoms with Crippen LogP contribution < -0.4 is 5.32 Å². The number of hydrogen-bond donors (Lipinski definition) is 1. The van der Waals surface area contributed by atoms with Crippen LogP contribution in [0.5, 0.6) is 0 Å². The van der Waals surface area contributed by atoms with E-state index >= 15 is 0 Å². The molecule has 1 N–H and O–H groups in total. The van der Waals surface area contributed by atoms with Gasteiger partial charge in [-0.05, 0) is 32.4 Å². The fraction of sp³-hybridized carbons (Fsp3) is 0.444. The summed E-state index contributed by atoms with van der Waals surface area (Å²) in [6, 6.07) is 5.57. The van der Waals surface area contributed by atoms with Gasteiger partial charge in [-0.3, -0.25) is 9.59 Å². The number of rotatable bonds is 5. The van der Waals surface area contributed by atoms with Crippen molar-refractivity contribution in [3.8, 4) is 0 Å². The number of halogens is 1. The zero-order chi connectivity index (χ0) is 20.2. The normalized spacial score (nSPS) is 15.5. The van der Waals surface area contributed by atoms with Gasteiger partial charge in [0.05, 0.1) is 0 Å². The molecule has 8 nitrogen and oxygen atoms in total. The van der Waals surface area contributed by atoms with Crippen LogP contribution in [0.15, 0.2) is 24.3 Å². The molecule has 1 saturated heterocycles. The van der Waals surface area contributed by atoms with Gasteiger partial charge in [-0.1, -0.05) is 29.8 Å². The number of nitrogens with one attached hydrogen (secondary N) is 1. The Kier molecular flexibility index (Phi) is 6.43. The maximum Gasteiger partial charge on any atom is 0.408 e. The molecule has 27 heavy (non-hydrogen) atoms. The van der Waals surface area contributed by atoms with Crippen molar-refractivity contribution in [2.75, 3.05) is 0 Å². The van der Waals surface area contributed by atoms with Crippen LogP contribution >= 0.6 is 11.6 Å². The monoisotopic (exact) mass is 396 g/mol. The van der Waals surface area contributed by atoms with Crippen molar-refractivity contribution >= 4 is 35.5 Å². The largest absolute Gasteiger partial charge is 0.444 e. The molecule has 2 rings (SSSR count). The molecule has 1 aromatic rings. The Morgan fingerprint density at radius 3 is 2.33 bits per heavy atom. The van der Waals surface area contributed by atoms with Gasteiger partial charge in [0, 0.05) is 24.3 Å². The Labute approximate surface area is 161 Å². The first-order valence-corrected chi connectivity index (χ1v) is 8.75. The summed E-state index contributed by atoms with van der Waals surface area (Å²) in [5.74, 6) is -2.19. The molecule has 0 aliphatic carbocycles. The highest BCUT2D eigenvalue weighted by atomic mass is 35.5. The van der Waals surface area contributed by atoms with Crippen molar-refractivity contribution < 1.29 is 28.8 Å². The highest BCUT2D eigenvalue weighted by molar-refractivity contribution is 6.31. The lowest BCUT2D eigenvalue weighted by Crippen LogP contribution is -2.48. The fourth-order valence-corrected chi connectivity index (χ4v) is 2.55. The summed E-state index contributed by atoms with van der Waals surface area (Å²) in [7, 11) is 0. The molecule has 0 unspecified atom stereocenters. The second kappa shape index (κ2) is 8.39. The number of ether oxygens (including phenoxy) is 1. The van der Waals surface area contributed by atoms with E-state index in [0.717, 1.165) is 0 Å². The smallest absolute Gasteiger partial charge is 0.408 e. The van der Waals surface area contributed by atoms with E-state index in [1.165, 1.54) is 0 Å². The average molecular weight is 397 g/mol. The van der Waals surface area contributed by atoms with Gasteiger partial charge < -0.3 is 14.9 Å². The van der Waals surface area contributed by atoms with Crippen molar-refractivity contribution in [3.05, 3.63) is 34.9 Å². The molecule has 1 fully saturated rings. The number of imide groups is 1. The molecule has 1 heterocycles. The van der Waals surface area contributed by atoms with Crippen LogP contribution in [0.4, 0.5) is 4.79 Å². The number of carbonyl (C=O) groups is 4. The Morgan fingerprint density at radius 1 is 1.19 bits per heavy atom. The van der Waals surface area contributed by atoms with Crippen LogP contribution in [-0.4, -0.2) is 40.6 Å². The molecule has 146 valence electrons. The van der Waals surface area contributed by atoms with Crippen molar-refractivity contribution in [3.63, 3.8) is 0 Å². The average Bonchev–Trinajstić information content (AvgIpc) is 2.86. The quantitative estimate of drug-likeness (QED) is 0.766. The number of nitrogens with zero attached hydrogens (tertiary/aromatic N) is 1. The minimum absolute atomic E-state index is 0.00598. The first kappa shape index (κ1) is 20.7. The number of hydrogen-bond acceptors (Lipinski definition) is 6. The van der Waals surface area contributed by atoms with E-state index in [1.807, 2.05) is 0 Å². The molecule has 0 spiro atoms. The van der Waals surface area contributed by atoms with E-state index in [-0.39, 0.29) is 19.3 Å². The highest BCUT2D eigenvalue weighted by Crippen LogP contribution is 2.19. The third kappa shape index (κ3) is 5.96. The van der Waals surface area contributed by atoms with Gasteiger partial charge in [-0.2, -0.15) is 0 Å². The Hall–Kier alpha value is -2.61. The van der Waals surface area contributed by atoms with E-state index in [0.29, 0.717) is 15.6 Å². The van der Waals surface area contributed by atoms with Crippen LogP contribution in [0.25, 0.3) is 0 Å². The van der Waals surface area contributed by atoms with Gasteiger partial charge in [0.15, 0.2) is 0 Å². The summed E-state index contributed by atoms with van der Waals surface area (Å²) in [4.78, 5) is 52.9. The van der Waals surface area contributed by atoms with E-state index in [2.05, 4.69) is 5.32 Å². The zero-order valence-corrected chi connectivity index (χ0v) is 16.0. The van der Waals surface area contributed by atoms with E-state index in [1.54, 1.807) is 45.0 Å². The second-order valence-electron chi connectivity index (χ2n) is 6.99. The van der Waals surface area contributed by atoms with Gasteiger partial charge in [-0.25, -0.2) is 9.59 Å². The minimum atomic E-state index is -1.21. The molecule has 3 amide bonds. The molecular formula is C18H21ClN2O6. The van der Waals surface area contributed by atoms with Crippen LogP contribution in [0.3, 0.4) is 0 Å². The van der Waals surface area contributed by atoms with E-state index in [9.17, 15) is 19.2 Å². The number of alkyl carbamates (subject to hydrolysis) is 1. The Morgan fingerprint density at radius 2 is 1.78 bits per heavy atom. The molecule has 0 radical (unpaired) electrons. The molecule has 1 aliphatic heterocycles. The number of carbonyl (C=O) groups excluding carboxylic acids is 4. The molecule has 1 atom stereocenters. The predicted octanol–water partition coefficient (Wildman–Crippen LogP) is 2.38. The molecule has 0 bridgehead atoms. The van der Waals surface area contributed by atoms with Crippen LogP contribution in [0.1, 0.15) is 39.2 Å². The van der Waals surface area contributed by atoms with Crippen LogP contribution in [0.2, 0.25) is 5.02 Å². The minimum Gasteiger partial charge on any atom is -0.444 e. The zero-order valence-electron chi connectivity index (χ0n) is 15.3. The van der Waals surface area contributed by atoms with Crippen LogP contribution in [-0.2, 0) is 30.4 Å². The first-order chi connectivity index (χ1) is 12.6. The number of hydroxylamine groups is 2.